The van der Waals surface area contributed by atoms with Crippen molar-refractivity contribution in [2.24, 2.45) is 0 Å². The Morgan fingerprint density at radius 3 is 2.28 bits per heavy atom. The summed E-state index contributed by atoms with van der Waals surface area (Å²) in [7, 11) is 0. The molecule has 1 aliphatic heterocycles. The summed E-state index contributed by atoms with van der Waals surface area (Å²) in [5, 5.41) is 28.1. The third-order valence-electron chi connectivity index (χ3n) is 5.59. The van der Waals surface area contributed by atoms with E-state index in [1.165, 1.54) is 17.3 Å². The number of fused-ring (bicyclic) bond motifs is 1. The molecule has 1 aromatic carbocycles. The van der Waals surface area contributed by atoms with E-state index in [-0.39, 0.29) is 13.1 Å². The number of aromatic nitrogens is 4. The fourth-order valence-electron chi connectivity index (χ4n) is 3.53. The number of hydrogen-bond donors (Lipinski definition) is 3. The number of nitrogens with one attached hydrogen (secondary N) is 1. The van der Waals surface area contributed by atoms with Crippen LogP contribution in [0.3, 0.4) is 0 Å². The van der Waals surface area contributed by atoms with Crippen LogP contribution in [0.4, 0.5) is 0 Å². The van der Waals surface area contributed by atoms with Crippen LogP contribution in [-0.4, -0.2) is 58.4 Å². The van der Waals surface area contributed by atoms with Crippen LogP contribution in [0.25, 0.3) is 5.69 Å². The van der Waals surface area contributed by atoms with Gasteiger partial charge >= 0.3 is 0 Å². The number of rotatable bonds is 6. The minimum atomic E-state index is -2.32. The number of aliphatic hydroxyl groups excluding tert-OH is 1. The zero-order valence-electron chi connectivity index (χ0n) is 17.7. The smallest absolute Gasteiger partial charge is 0.255 e. The first kappa shape index (κ1) is 21.6. The van der Waals surface area contributed by atoms with Crippen LogP contribution in [0.2, 0.25) is 0 Å². The third kappa shape index (κ3) is 4.10. The van der Waals surface area contributed by atoms with Crippen molar-refractivity contribution >= 4 is 11.8 Å². The lowest BCUT2D eigenvalue weighted by molar-refractivity contribution is -0.166. The van der Waals surface area contributed by atoms with E-state index in [9.17, 15) is 19.8 Å². The zero-order valence-corrected chi connectivity index (χ0v) is 17.7. The molecule has 0 spiro atoms. The lowest BCUT2D eigenvalue weighted by Gasteiger charge is -2.31. The van der Waals surface area contributed by atoms with Gasteiger partial charge in [-0.25, -0.2) is 4.68 Å². The minimum absolute atomic E-state index is 0.162. The highest BCUT2D eigenvalue weighted by Crippen LogP contribution is 2.23. The van der Waals surface area contributed by atoms with Crippen molar-refractivity contribution in [2.45, 2.75) is 44.7 Å². The Hall–Kier alpha value is -3.63. The summed E-state index contributed by atoms with van der Waals surface area (Å²) in [4.78, 5) is 35.1. The molecule has 0 radical (unpaired) electrons. The van der Waals surface area contributed by atoms with Crippen LogP contribution in [0.5, 0.6) is 0 Å². The summed E-state index contributed by atoms with van der Waals surface area (Å²) < 4.78 is 1.71. The van der Waals surface area contributed by atoms with Gasteiger partial charge in [-0.3, -0.25) is 19.6 Å². The van der Waals surface area contributed by atoms with E-state index in [0.717, 1.165) is 18.2 Å². The predicted octanol–water partition coefficient (Wildman–Crippen LogP) is 0.494. The van der Waals surface area contributed by atoms with Gasteiger partial charge in [0.25, 0.3) is 11.8 Å². The lowest BCUT2D eigenvalue weighted by Crippen LogP contribution is -2.58. The summed E-state index contributed by atoms with van der Waals surface area (Å²) in [5.41, 5.74) is 0.586. The molecular formula is C22H24N6O4. The lowest BCUT2D eigenvalue weighted by atomic mass is 9.95. The number of amides is 2. The molecule has 3 heterocycles. The second-order valence-corrected chi connectivity index (χ2v) is 7.93. The normalized spacial score (nSPS) is 16.7. The molecule has 0 fully saturated rings. The zero-order chi connectivity index (χ0) is 22.9. The Morgan fingerprint density at radius 2 is 1.72 bits per heavy atom. The van der Waals surface area contributed by atoms with Gasteiger partial charge in [0.05, 0.1) is 36.2 Å². The van der Waals surface area contributed by atoms with E-state index in [1.807, 2.05) is 36.5 Å². The molecule has 2 aromatic heterocycles. The molecule has 10 nitrogen and oxygen atoms in total. The molecule has 3 aromatic rings. The summed E-state index contributed by atoms with van der Waals surface area (Å²) in [6.45, 7) is 3.20. The highest BCUT2D eigenvalue weighted by molar-refractivity contribution is 5.94. The quantitative estimate of drug-likeness (QED) is 0.512. The van der Waals surface area contributed by atoms with Crippen LogP contribution >= 0.6 is 0 Å². The number of hydrogen-bond acceptors (Lipinski definition) is 7. The van der Waals surface area contributed by atoms with Crippen LogP contribution in [0, 0.1) is 0 Å². The summed E-state index contributed by atoms with van der Waals surface area (Å²) in [6.07, 6.45) is 4.61. The van der Waals surface area contributed by atoms with Gasteiger partial charge in [0.2, 0.25) is 0 Å². The Balaban J connectivity index is 1.40. The first-order valence-electron chi connectivity index (χ1n) is 10.2. The minimum Gasteiger partial charge on any atom is -0.380 e. The average molecular weight is 436 g/mol. The van der Waals surface area contributed by atoms with E-state index in [4.69, 9.17) is 0 Å². The molecule has 10 heteroatoms. The predicted molar refractivity (Wildman–Crippen MR) is 113 cm³/mol. The molecule has 3 N–H and O–H groups in total. The number of nitrogens with zero attached hydrogens (tertiary/aromatic N) is 5. The van der Waals surface area contributed by atoms with Crippen LogP contribution < -0.4 is 5.32 Å². The first-order chi connectivity index (χ1) is 15.3. The molecule has 0 unspecified atom stereocenters. The summed E-state index contributed by atoms with van der Waals surface area (Å²) >= 11 is 0. The molecular weight excluding hydrogens is 412 g/mol. The van der Waals surface area contributed by atoms with Gasteiger partial charge in [-0.05, 0) is 37.6 Å². The number of carbonyl (C=O) groups excluding carboxylic acids is 2. The second kappa shape index (κ2) is 8.48. The molecule has 0 bridgehead atoms. The van der Waals surface area contributed by atoms with Crippen molar-refractivity contribution in [3.05, 3.63) is 72.1 Å². The van der Waals surface area contributed by atoms with Crippen LogP contribution in [0.15, 0.2) is 55.1 Å². The van der Waals surface area contributed by atoms with E-state index in [0.29, 0.717) is 11.4 Å². The summed E-state index contributed by atoms with van der Waals surface area (Å²) in [6, 6.07) is 8.73. The second-order valence-electron chi connectivity index (χ2n) is 7.93. The highest BCUT2D eigenvalue weighted by atomic mass is 16.4. The fourth-order valence-corrected chi connectivity index (χ4v) is 3.53. The topological polar surface area (TPSA) is 133 Å². The summed E-state index contributed by atoms with van der Waals surface area (Å²) in [5.74, 6) is -1.61. The number of benzene rings is 1. The van der Waals surface area contributed by atoms with Gasteiger partial charge in [-0.1, -0.05) is 12.1 Å². The van der Waals surface area contributed by atoms with Crippen molar-refractivity contribution in [3.63, 3.8) is 0 Å². The standard InChI is InChI=1S/C22H24N6O4/c1-14(15-4-6-16(7-5-15)28-11-3-8-25-28)26-21(31)22(2,32)19(29)20(30)27-12-17-18(13-27)24-10-9-23-17/h3-11,14,19,29,32H,12-13H2,1-2H3,(H,26,31)/t14-,19+,22-/m1/s1. The van der Waals surface area contributed by atoms with Gasteiger partial charge in [-0.15, -0.1) is 0 Å². The van der Waals surface area contributed by atoms with E-state index >= 15 is 0 Å². The van der Waals surface area contributed by atoms with Gasteiger partial charge in [-0.2, -0.15) is 5.10 Å². The Bertz CT molecular complexity index is 1090. The average Bonchev–Trinajstić information content (AvgIpc) is 3.48. The third-order valence-corrected chi connectivity index (χ3v) is 5.59. The molecule has 4 rings (SSSR count). The van der Waals surface area contributed by atoms with Crippen molar-refractivity contribution in [1.29, 1.82) is 0 Å². The largest absolute Gasteiger partial charge is 0.380 e. The molecule has 166 valence electrons. The number of aliphatic hydroxyl groups is 2. The highest BCUT2D eigenvalue weighted by Gasteiger charge is 2.45. The van der Waals surface area contributed by atoms with Crippen LogP contribution in [0.1, 0.15) is 36.8 Å². The van der Waals surface area contributed by atoms with Gasteiger partial charge in [0.1, 0.15) is 0 Å². The molecule has 0 saturated carbocycles. The van der Waals surface area contributed by atoms with Gasteiger partial charge < -0.3 is 20.4 Å². The maximum atomic E-state index is 12.8. The van der Waals surface area contributed by atoms with Crippen molar-refractivity contribution in [2.75, 3.05) is 0 Å². The van der Waals surface area contributed by atoms with Gasteiger partial charge in [0, 0.05) is 24.8 Å². The molecule has 1 aliphatic rings. The molecule has 2 amide bonds. The Kier molecular flexibility index (Phi) is 5.72. The molecule has 3 atom stereocenters. The SMILES string of the molecule is C[C@@H](NC(=O)[C@](C)(O)[C@@H](O)C(=O)N1Cc2nccnc2C1)c1ccc(-n2cccn2)cc1. The maximum Gasteiger partial charge on any atom is 0.255 e. The van der Waals surface area contributed by atoms with Crippen molar-refractivity contribution in [1.82, 2.24) is 30.0 Å². The maximum absolute atomic E-state index is 12.8. The Labute approximate surface area is 184 Å². The fraction of sp³-hybridized carbons (Fsp3) is 0.318. The molecule has 32 heavy (non-hydrogen) atoms. The van der Waals surface area contributed by atoms with Crippen molar-refractivity contribution < 1.29 is 19.8 Å². The van der Waals surface area contributed by atoms with E-state index < -0.39 is 29.6 Å². The van der Waals surface area contributed by atoms with Crippen molar-refractivity contribution in [3.8, 4) is 5.69 Å². The van der Waals surface area contributed by atoms with Gasteiger partial charge in [0.15, 0.2) is 11.7 Å². The Morgan fingerprint density at radius 1 is 1.09 bits per heavy atom. The van der Waals surface area contributed by atoms with Crippen LogP contribution in [-0.2, 0) is 22.7 Å². The molecule has 0 aliphatic carbocycles. The molecule has 0 saturated heterocycles. The van der Waals surface area contributed by atoms with E-state index in [1.54, 1.807) is 17.8 Å². The monoisotopic (exact) mass is 436 g/mol. The number of carbonyl (C=O) groups is 2. The van der Waals surface area contributed by atoms with E-state index in [2.05, 4.69) is 20.4 Å². The first-order valence-corrected chi connectivity index (χ1v) is 10.2.